The predicted molar refractivity (Wildman–Crippen MR) is 84.4 cm³/mol. The monoisotopic (exact) mass is 260 g/mol. The van der Waals surface area contributed by atoms with Gasteiger partial charge in [-0.05, 0) is 17.6 Å². The quantitative estimate of drug-likeness (QED) is 0.755. The third-order valence-electron chi connectivity index (χ3n) is 4.50. The second-order valence-corrected chi connectivity index (χ2v) is 6.69. The zero-order chi connectivity index (χ0) is 13.6. The summed E-state index contributed by atoms with van der Waals surface area (Å²) in [5, 5.41) is 0. The number of hydrogen-bond donors (Lipinski definition) is 2. The van der Waals surface area contributed by atoms with Gasteiger partial charge in [0.05, 0.1) is 5.66 Å². The molecule has 0 fully saturated rings. The second-order valence-electron chi connectivity index (χ2n) is 6.69. The Balaban J connectivity index is 0.00000180. The fourth-order valence-electron chi connectivity index (χ4n) is 2.94. The van der Waals surface area contributed by atoms with Crippen molar-refractivity contribution in [2.24, 2.45) is 22.3 Å². The molecule has 0 aliphatic heterocycles. The Bertz CT molecular complexity index is 467. The van der Waals surface area contributed by atoms with Crippen LogP contribution >= 0.6 is 0 Å². The molecule has 2 nitrogen and oxygen atoms in total. The Kier molecular flexibility index (Phi) is 4.00. The minimum Gasteiger partial charge on any atom is -0.312 e. The fraction of sp³-hybridized carbons (Fsp3) is 0.529. The molecule has 106 valence electrons. The van der Waals surface area contributed by atoms with E-state index in [-0.39, 0.29) is 18.3 Å². The summed E-state index contributed by atoms with van der Waals surface area (Å²) in [6.07, 6.45) is 3.15. The molecule has 4 N–H and O–H groups in total. The van der Waals surface area contributed by atoms with Gasteiger partial charge in [0.1, 0.15) is 0 Å². The van der Waals surface area contributed by atoms with Crippen LogP contribution in [-0.2, 0) is 0 Å². The van der Waals surface area contributed by atoms with Gasteiger partial charge in [0, 0.05) is 10.8 Å². The van der Waals surface area contributed by atoms with Crippen molar-refractivity contribution in [3.63, 3.8) is 0 Å². The van der Waals surface area contributed by atoms with Crippen LogP contribution in [-0.4, -0.2) is 5.66 Å². The summed E-state index contributed by atoms with van der Waals surface area (Å²) in [5.74, 6) is 0. The highest BCUT2D eigenvalue weighted by Crippen LogP contribution is 2.50. The van der Waals surface area contributed by atoms with E-state index >= 15 is 0 Å². The van der Waals surface area contributed by atoms with E-state index in [1.54, 1.807) is 0 Å². The van der Waals surface area contributed by atoms with Gasteiger partial charge in [0.2, 0.25) is 0 Å². The Hall–Kier alpha value is -1.12. The van der Waals surface area contributed by atoms with E-state index in [1.165, 1.54) is 11.1 Å². The van der Waals surface area contributed by atoms with E-state index in [4.69, 9.17) is 11.5 Å². The van der Waals surface area contributed by atoms with E-state index in [0.717, 1.165) is 6.42 Å². The van der Waals surface area contributed by atoms with Crippen LogP contribution in [0.15, 0.2) is 36.4 Å². The predicted octanol–water partition coefficient (Wildman–Crippen LogP) is 3.78. The molecule has 0 heterocycles. The van der Waals surface area contributed by atoms with E-state index in [0.29, 0.717) is 0 Å². The average Bonchev–Trinajstić information content (AvgIpc) is 2.27. The minimum absolute atomic E-state index is 0. The molecule has 0 spiro atoms. The van der Waals surface area contributed by atoms with Gasteiger partial charge in [-0.15, -0.1) is 0 Å². The first kappa shape index (κ1) is 15.9. The Labute approximate surface area is 117 Å². The van der Waals surface area contributed by atoms with Gasteiger partial charge >= 0.3 is 0 Å². The largest absolute Gasteiger partial charge is 0.312 e. The number of nitrogens with two attached hydrogens (primary N) is 2. The van der Waals surface area contributed by atoms with Crippen LogP contribution in [0.4, 0.5) is 0 Å². The van der Waals surface area contributed by atoms with Gasteiger partial charge in [0.25, 0.3) is 0 Å². The van der Waals surface area contributed by atoms with Gasteiger partial charge in [-0.2, -0.15) is 0 Å². The summed E-state index contributed by atoms with van der Waals surface area (Å²) in [5.41, 5.74) is 14.4. The van der Waals surface area contributed by atoms with E-state index in [9.17, 15) is 0 Å². The standard InChI is InChI=1S/C16H24N2.CH4/c1-14(2)10-13(12-8-6-5-7-9-12)11-15(3,4)16(14,17)18;/h5-10H,11,17-18H2,1-4H3;1H4. The summed E-state index contributed by atoms with van der Waals surface area (Å²) in [6.45, 7) is 8.56. The molecule has 1 aliphatic rings. The Morgan fingerprint density at radius 1 is 0.947 bits per heavy atom. The number of allylic oxidation sites excluding steroid dienone is 1. The second kappa shape index (κ2) is 4.77. The number of rotatable bonds is 1. The lowest BCUT2D eigenvalue weighted by atomic mass is 9.58. The van der Waals surface area contributed by atoms with Crippen LogP contribution in [0.5, 0.6) is 0 Å². The lowest BCUT2D eigenvalue weighted by Crippen LogP contribution is -2.69. The van der Waals surface area contributed by atoms with Crippen LogP contribution in [0.1, 0.15) is 47.1 Å². The van der Waals surface area contributed by atoms with Crippen LogP contribution in [0, 0.1) is 10.8 Å². The number of hydrogen-bond acceptors (Lipinski definition) is 2. The lowest BCUT2D eigenvalue weighted by Gasteiger charge is -2.54. The lowest BCUT2D eigenvalue weighted by molar-refractivity contribution is 0.0652. The maximum absolute atomic E-state index is 6.41. The van der Waals surface area contributed by atoms with Crippen LogP contribution in [0.3, 0.4) is 0 Å². The first-order valence-corrected chi connectivity index (χ1v) is 6.52. The average molecular weight is 260 g/mol. The molecule has 0 aromatic heterocycles. The van der Waals surface area contributed by atoms with Crippen LogP contribution in [0.2, 0.25) is 0 Å². The fourth-order valence-corrected chi connectivity index (χ4v) is 2.94. The summed E-state index contributed by atoms with van der Waals surface area (Å²) >= 11 is 0. The van der Waals surface area contributed by atoms with Gasteiger partial charge in [-0.25, -0.2) is 0 Å². The third kappa shape index (κ3) is 2.47. The Morgan fingerprint density at radius 2 is 1.47 bits per heavy atom. The number of benzene rings is 1. The van der Waals surface area contributed by atoms with Crippen LogP contribution < -0.4 is 11.5 Å². The van der Waals surface area contributed by atoms with Crippen molar-refractivity contribution in [1.82, 2.24) is 0 Å². The molecule has 0 radical (unpaired) electrons. The first-order valence-electron chi connectivity index (χ1n) is 6.52. The molecule has 1 aromatic carbocycles. The SMILES string of the molecule is C.CC1(C)C=C(c2ccccc2)CC(C)(C)C1(N)N. The highest BCUT2D eigenvalue weighted by atomic mass is 15.0. The van der Waals surface area contributed by atoms with E-state index in [2.05, 4.69) is 58.0 Å². The highest BCUT2D eigenvalue weighted by molar-refractivity contribution is 5.68. The first-order chi connectivity index (χ1) is 8.17. The molecule has 1 aliphatic carbocycles. The van der Waals surface area contributed by atoms with Crippen molar-refractivity contribution in [2.75, 3.05) is 0 Å². The summed E-state index contributed by atoms with van der Waals surface area (Å²) < 4.78 is 0. The topological polar surface area (TPSA) is 52.0 Å². The van der Waals surface area contributed by atoms with Crippen LogP contribution in [0.25, 0.3) is 5.57 Å². The normalized spacial score (nSPS) is 23.2. The van der Waals surface area contributed by atoms with Gasteiger partial charge in [-0.1, -0.05) is 71.5 Å². The van der Waals surface area contributed by atoms with Crippen molar-refractivity contribution in [3.8, 4) is 0 Å². The smallest absolute Gasteiger partial charge is 0.0780 e. The molecule has 0 unspecified atom stereocenters. The molecule has 2 rings (SSSR count). The molecule has 0 atom stereocenters. The van der Waals surface area contributed by atoms with E-state index < -0.39 is 5.66 Å². The highest BCUT2D eigenvalue weighted by Gasteiger charge is 2.51. The maximum atomic E-state index is 6.41. The van der Waals surface area contributed by atoms with Gasteiger partial charge < -0.3 is 11.5 Å². The van der Waals surface area contributed by atoms with E-state index in [1.807, 2.05) is 6.07 Å². The zero-order valence-corrected chi connectivity index (χ0v) is 11.8. The maximum Gasteiger partial charge on any atom is 0.0780 e. The third-order valence-corrected chi connectivity index (χ3v) is 4.50. The molecular formula is C17H28N2. The minimum atomic E-state index is -0.696. The summed E-state index contributed by atoms with van der Waals surface area (Å²) in [4.78, 5) is 0. The van der Waals surface area contributed by atoms with Gasteiger partial charge in [-0.3, -0.25) is 0 Å². The Morgan fingerprint density at radius 3 is 1.95 bits per heavy atom. The summed E-state index contributed by atoms with van der Waals surface area (Å²) in [6, 6.07) is 10.5. The molecule has 19 heavy (non-hydrogen) atoms. The van der Waals surface area contributed by atoms with Gasteiger partial charge in [0.15, 0.2) is 0 Å². The molecule has 0 bridgehead atoms. The molecule has 0 amide bonds. The molecule has 2 heteroatoms. The zero-order valence-electron chi connectivity index (χ0n) is 11.8. The van der Waals surface area contributed by atoms with Crippen molar-refractivity contribution in [2.45, 2.75) is 47.2 Å². The van der Waals surface area contributed by atoms with Crippen molar-refractivity contribution >= 4 is 5.57 Å². The molecule has 1 aromatic rings. The van der Waals surface area contributed by atoms with Crippen molar-refractivity contribution < 1.29 is 0 Å². The molecule has 0 saturated carbocycles. The molecular weight excluding hydrogens is 232 g/mol. The molecule has 0 saturated heterocycles. The summed E-state index contributed by atoms with van der Waals surface area (Å²) in [7, 11) is 0. The van der Waals surface area contributed by atoms with Crippen molar-refractivity contribution in [3.05, 3.63) is 42.0 Å². The van der Waals surface area contributed by atoms with Crippen molar-refractivity contribution in [1.29, 1.82) is 0 Å².